The zero-order valence-electron chi connectivity index (χ0n) is 47.2. The number of ether oxygens (including phenoxy) is 1. The number of aryl methyl sites for hydroxylation is 2. The highest BCUT2D eigenvalue weighted by atomic mass is 35.5. The number of anilines is 2. The van der Waals surface area contributed by atoms with Gasteiger partial charge in [0.1, 0.15) is 5.69 Å². The van der Waals surface area contributed by atoms with E-state index in [4.69, 9.17) is 48.4 Å². The molecule has 0 fully saturated rings. The summed E-state index contributed by atoms with van der Waals surface area (Å²) in [5.74, 6) is -0.380. The van der Waals surface area contributed by atoms with Crippen LogP contribution in [-0.2, 0) is 12.8 Å². The summed E-state index contributed by atoms with van der Waals surface area (Å²) in [7, 11) is 5.11. The SMILES string of the molecule is CCc1ccccc1N(C)C(=O)c1cc2ccc3c4cc(Cl)ccc4[nH]c3c2c(N=Nc2ccc3c(c2)C(=O)c2cccc4c(N=Nc5c(OC)c(C(=O)N(C)c6ccccc6CC)cc6ccc7c8cc(Cl)ccc8[nH]c7c56)ccc-3c24)c1C. The van der Waals surface area contributed by atoms with Crippen LogP contribution < -0.4 is 14.5 Å². The highest BCUT2D eigenvalue weighted by Gasteiger charge is 2.30. The zero-order valence-corrected chi connectivity index (χ0v) is 48.7. The van der Waals surface area contributed by atoms with Crippen LogP contribution in [0.1, 0.15) is 67.2 Å². The molecular formula is C71H52Cl2N8O4. The molecule has 0 radical (unpaired) electrons. The molecule has 0 bridgehead atoms. The van der Waals surface area contributed by atoms with Crippen molar-refractivity contribution in [2.75, 3.05) is 31.0 Å². The fraction of sp³-hybridized carbons (Fsp3) is 0.113. The van der Waals surface area contributed by atoms with Crippen molar-refractivity contribution in [1.82, 2.24) is 9.97 Å². The van der Waals surface area contributed by atoms with Gasteiger partial charge >= 0.3 is 0 Å². The summed E-state index contributed by atoms with van der Waals surface area (Å²) in [6.45, 7) is 6.05. The number of amides is 2. The molecule has 14 rings (SSSR count). The lowest BCUT2D eigenvalue weighted by atomic mass is 9.82. The number of fused-ring (bicyclic) bond motifs is 12. The minimum absolute atomic E-state index is 0.179. The second-order valence-corrected chi connectivity index (χ2v) is 22.4. The van der Waals surface area contributed by atoms with Crippen molar-refractivity contribution in [1.29, 1.82) is 0 Å². The maximum absolute atomic E-state index is 14.9. The molecule has 414 valence electrons. The summed E-state index contributed by atoms with van der Waals surface area (Å²) in [6, 6.07) is 54.1. The number of azo groups is 2. The number of nitrogens with one attached hydrogen (secondary N) is 2. The Morgan fingerprint density at radius 2 is 1.07 bits per heavy atom. The van der Waals surface area contributed by atoms with E-state index in [1.54, 1.807) is 30.0 Å². The summed E-state index contributed by atoms with van der Waals surface area (Å²) in [5, 5.41) is 29.4. The number of H-pyrrole nitrogens is 2. The van der Waals surface area contributed by atoms with Gasteiger partial charge in [0.05, 0.1) is 40.8 Å². The molecule has 2 amide bonds. The van der Waals surface area contributed by atoms with Gasteiger partial charge in [-0.2, -0.15) is 5.11 Å². The maximum atomic E-state index is 14.9. The fourth-order valence-electron chi connectivity index (χ4n) is 12.6. The molecule has 1 aliphatic rings. The van der Waals surface area contributed by atoms with Crippen molar-refractivity contribution in [3.63, 3.8) is 0 Å². The highest BCUT2D eigenvalue weighted by molar-refractivity contribution is 6.33. The average molecular weight is 1150 g/mol. The number of ketones is 1. The number of benzene rings is 11. The van der Waals surface area contributed by atoms with Crippen LogP contribution in [0.25, 0.3) is 87.1 Å². The molecule has 0 unspecified atom stereocenters. The number of rotatable bonds is 11. The van der Waals surface area contributed by atoms with E-state index in [1.807, 2.05) is 171 Å². The standard InChI is InChI=1S/C71H52Cl2N8O4/c1-7-38-14-9-11-18-59(38)80(4)70(83)51-32-40-20-25-47-52-34-42(72)22-29-56(52)74-65(47)61(40)64(37(51)3)78-76-44-24-27-45-46-28-31-58(49-16-13-17-50(63(46)49)68(82)54(45)36-44)77-79-67-62-41(21-26-48-53-35-43(73)23-30-57(53)75-66(48)62)33-55(69(67)85-6)71(84)81(5)60-19-12-10-15-39(60)8-2/h9-36,74-75H,7-8H2,1-6H3. The Morgan fingerprint density at radius 3 is 1.68 bits per heavy atom. The maximum Gasteiger partial charge on any atom is 0.261 e. The van der Waals surface area contributed by atoms with E-state index in [9.17, 15) is 14.4 Å². The first-order chi connectivity index (χ1) is 41.3. The van der Waals surface area contributed by atoms with Crippen LogP contribution in [0.2, 0.25) is 10.0 Å². The highest BCUT2D eigenvalue weighted by Crippen LogP contribution is 2.49. The van der Waals surface area contributed by atoms with Gasteiger partial charge in [-0.1, -0.05) is 128 Å². The quantitative estimate of drug-likeness (QED) is 0.124. The van der Waals surface area contributed by atoms with Crippen molar-refractivity contribution in [2.24, 2.45) is 20.5 Å². The number of aromatic amines is 2. The van der Waals surface area contributed by atoms with Crippen LogP contribution in [0.5, 0.6) is 5.75 Å². The average Bonchev–Trinajstić information content (AvgIpc) is 2.69. The first kappa shape index (κ1) is 53.0. The largest absolute Gasteiger partial charge is 0.494 e. The van der Waals surface area contributed by atoms with E-state index < -0.39 is 0 Å². The Labute approximate surface area is 498 Å². The van der Waals surface area contributed by atoms with Crippen LogP contribution in [-0.4, -0.2) is 48.8 Å². The number of nitrogens with zero attached hydrogens (tertiary/aromatic N) is 6. The third kappa shape index (κ3) is 8.53. The first-order valence-electron chi connectivity index (χ1n) is 28.1. The number of methoxy groups -OCH3 is 1. The van der Waals surface area contributed by atoms with E-state index >= 15 is 0 Å². The van der Waals surface area contributed by atoms with Gasteiger partial charge in [-0.15, -0.1) is 15.3 Å². The second-order valence-electron chi connectivity index (χ2n) is 21.5. The molecule has 11 aromatic carbocycles. The smallest absolute Gasteiger partial charge is 0.261 e. The molecule has 2 N–H and O–H groups in total. The van der Waals surface area contributed by atoms with Crippen LogP contribution in [0.3, 0.4) is 0 Å². The minimum atomic E-state index is -0.275. The van der Waals surface area contributed by atoms with Gasteiger partial charge in [0, 0.05) is 106 Å². The number of hydrogen-bond acceptors (Lipinski definition) is 8. The van der Waals surface area contributed by atoms with Gasteiger partial charge in [-0.05, 0) is 137 Å². The topological polar surface area (TPSA) is 148 Å². The van der Waals surface area contributed by atoms with Crippen LogP contribution >= 0.6 is 23.2 Å². The Morgan fingerprint density at radius 1 is 0.506 bits per heavy atom. The Kier molecular flexibility index (Phi) is 12.9. The van der Waals surface area contributed by atoms with Crippen LogP contribution in [0.15, 0.2) is 190 Å². The molecule has 0 aliphatic heterocycles. The normalized spacial score (nSPS) is 12.4. The number of carbonyl (C=O) groups is 3. The number of hydrogen-bond donors (Lipinski definition) is 2. The zero-order chi connectivity index (χ0) is 58.5. The van der Waals surface area contributed by atoms with E-state index in [1.165, 1.54) is 7.11 Å². The molecule has 0 spiro atoms. The fourth-order valence-corrected chi connectivity index (χ4v) is 13.0. The van der Waals surface area contributed by atoms with Gasteiger partial charge in [0.25, 0.3) is 11.8 Å². The monoisotopic (exact) mass is 1150 g/mol. The molecule has 0 saturated carbocycles. The van der Waals surface area contributed by atoms with Crippen molar-refractivity contribution < 1.29 is 19.1 Å². The van der Waals surface area contributed by atoms with Crippen molar-refractivity contribution in [3.8, 4) is 16.9 Å². The minimum Gasteiger partial charge on any atom is -0.494 e. The molecule has 0 saturated heterocycles. The molecule has 14 heteroatoms. The lowest BCUT2D eigenvalue weighted by Gasteiger charge is -2.22. The Bertz CT molecular complexity index is 5140. The molecule has 12 nitrogen and oxygen atoms in total. The lowest BCUT2D eigenvalue weighted by molar-refractivity contribution is 0.0983. The number of halogens is 2. The van der Waals surface area contributed by atoms with Gasteiger partial charge < -0.3 is 24.5 Å². The summed E-state index contributed by atoms with van der Waals surface area (Å²) >= 11 is 13.1. The molecule has 0 atom stereocenters. The second kappa shape index (κ2) is 20.7. The van der Waals surface area contributed by atoms with Gasteiger partial charge in [0.2, 0.25) is 0 Å². The third-order valence-corrected chi connectivity index (χ3v) is 17.4. The predicted octanol–water partition coefficient (Wildman–Crippen LogP) is 19.8. The van der Waals surface area contributed by atoms with Crippen LogP contribution in [0, 0.1) is 6.92 Å². The summed E-state index contributed by atoms with van der Waals surface area (Å²) in [6.07, 6.45) is 1.50. The van der Waals surface area contributed by atoms with E-state index in [0.29, 0.717) is 71.4 Å². The van der Waals surface area contributed by atoms with Crippen molar-refractivity contribution in [3.05, 3.63) is 219 Å². The molecule has 85 heavy (non-hydrogen) atoms. The number of aromatic nitrogens is 2. The third-order valence-electron chi connectivity index (χ3n) is 16.9. The molecule has 13 aromatic rings. The van der Waals surface area contributed by atoms with Gasteiger partial charge in [-0.3, -0.25) is 14.4 Å². The number of carbonyl (C=O) groups excluding carboxylic acids is 3. The molecule has 2 heterocycles. The van der Waals surface area contributed by atoms with Gasteiger partial charge in [-0.25, -0.2) is 0 Å². The molecule has 2 aromatic heterocycles. The molecule has 1 aliphatic carbocycles. The summed E-state index contributed by atoms with van der Waals surface area (Å²) in [5.41, 5.74) is 13.0. The predicted molar refractivity (Wildman–Crippen MR) is 346 cm³/mol. The summed E-state index contributed by atoms with van der Waals surface area (Å²) < 4.78 is 6.22. The molecular weight excluding hydrogens is 1100 g/mol. The van der Waals surface area contributed by atoms with Crippen molar-refractivity contribution in [2.45, 2.75) is 33.6 Å². The van der Waals surface area contributed by atoms with Crippen LogP contribution in [0.4, 0.5) is 34.1 Å². The number of para-hydroxylation sites is 2. The van der Waals surface area contributed by atoms with E-state index in [0.717, 1.165) is 112 Å². The Balaban J connectivity index is 0.875. The van der Waals surface area contributed by atoms with E-state index in [-0.39, 0.29) is 23.3 Å². The lowest BCUT2D eigenvalue weighted by Crippen LogP contribution is -2.27. The first-order valence-corrected chi connectivity index (χ1v) is 28.8. The Hall–Kier alpha value is -10.0. The van der Waals surface area contributed by atoms with Crippen molar-refractivity contribution >= 4 is 151 Å². The summed E-state index contributed by atoms with van der Waals surface area (Å²) in [4.78, 5) is 55.0. The van der Waals surface area contributed by atoms with E-state index in [2.05, 4.69) is 23.8 Å². The van der Waals surface area contributed by atoms with Gasteiger partial charge in [0.15, 0.2) is 11.5 Å².